The zero-order chi connectivity index (χ0) is 15.3. The summed E-state index contributed by atoms with van der Waals surface area (Å²) in [5, 5.41) is 10.2. The van der Waals surface area contributed by atoms with Crippen LogP contribution in [0.25, 0.3) is 0 Å². The lowest BCUT2D eigenvalue weighted by atomic mass is 10.1. The second kappa shape index (κ2) is 6.38. The zero-order valence-electron chi connectivity index (χ0n) is 10.4. The number of rotatable bonds is 1. The number of nitrogens with one attached hydrogen (secondary N) is 1. The lowest BCUT2D eigenvalue weighted by Gasteiger charge is -2.08. The quantitative estimate of drug-likeness (QED) is 0.769. The number of aliphatic carboxylic acids is 1. The molecule has 1 aromatic carbocycles. The summed E-state index contributed by atoms with van der Waals surface area (Å²) in [7, 11) is 1.41. The number of benzene rings is 1. The molecular formula is C12H12F3NO4. The van der Waals surface area contributed by atoms with Crippen LogP contribution in [-0.4, -0.2) is 30.3 Å². The van der Waals surface area contributed by atoms with E-state index in [-0.39, 0.29) is 12.0 Å². The highest BCUT2D eigenvalue weighted by Crippen LogP contribution is 2.25. The Morgan fingerprint density at radius 1 is 1.35 bits per heavy atom. The summed E-state index contributed by atoms with van der Waals surface area (Å²) in [6, 6.07) is 7.60. The number of fused-ring (bicyclic) bond motifs is 1. The average Bonchev–Trinajstić information content (AvgIpc) is 2.81. The highest BCUT2D eigenvalue weighted by molar-refractivity contribution is 5.79. The molecule has 0 bridgehead atoms. The van der Waals surface area contributed by atoms with Crippen molar-refractivity contribution in [3.05, 3.63) is 35.4 Å². The van der Waals surface area contributed by atoms with Gasteiger partial charge < -0.3 is 9.84 Å². The van der Waals surface area contributed by atoms with Gasteiger partial charge in [0, 0.05) is 6.54 Å². The van der Waals surface area contributed by atoms with Crippen molar-refractivity contribution in [2.75, 3.05) is 7.11 Å². The Morgan fingerprint density at radius 2 is 1.90 bits per heavy atom. The number of ether oxygens (including phenoxy) is 1. The minimum Gasteiger partial charge on any atom is -0.475 e. The lowest BCUT2D eigenvalue weighted by Crippen LogP contribution is -2.22. The number of carbonyl (C=O) groups excluding carboxylic acids is 1. The molecule has 1 aliphatic heterocycles. The Labute approximate surface area is 112 Å². The van der Waals surface area contributed by atoms with Crippen LogP contribution in [0.15, 0.2) is 24.3 Å². The van der Waals surface area contributed by atoms with Crippen LogP contribution < -0.4 is 5.32 Å². The van der Waals surface area contributed by atoms with Crippen LogP contribution in [0.3, 0.4) is 0 Å². The molecule has 1 heterocycles. The third-order valence-electron chi connectivity index (χ3n) is 2.54. The molecule has 0 radical (unpaired) electrons. The maximum Gasteiger partial charge on any atom is 0.490 e. The van der Waals surface area contributed by atoms with Gasteiger partial charge in [-0.1, -0.05) is 24.3 Å². The molecule has 0 amide bonds. The lowest BCUT2D eigenvalue weighted by molar-refractivity contribution is -0.192. The topological polar surface area (TPSA) is 75.6 Å². The van der Waals surface area contributed by atoms with Crippen LogP contribution in [0.2, 0.25) is 0 Å². The highest BCUT2D eigenvalue weighted by Gasteiger charge is 2.38. The van der Waals surface area contributed by atoms with Crippen molar-refractivity contribution in [1.29, 1.82) is 0 Å². The first kappa shape index (κ1) is 16.0. The molecule has 1 unspecified atom stereocenters. The van der Waals surface area contributed by atoms with E-state index in [9.17, 15) is 18.0 Å². The molecule has 0 aromatic heterocycles. The molecule has 0 saturated carbocycles. The molecule has 0 fully saturated rings. The Hall–Kier alpha value is -2.09. The third-order valence-corrected chi connectivity index (χ3v) is 2.54. The van der Waals surface area contributed by atoms with E-state index in [0.29, 0.717) is 0 Å². The van der Waals surface area contributed by atoms with Gasteiger partial charge in [0.2, 0.25) is 0 Å². The van der Waals surface area contributed by atoms with Crippen LogP contribution in [0.1, 0.15) is 17.2 Å². The average molecular weight is 291 g/mol. The van der Waals surface area contributed by atoms with Crippen molar-refractivity contribution >= 4 is 11.9 Å². The largest absolute Gasteiger partial charge is 0.490 e. The van der Waals surface area contributed by atoms with Gasteiger partial charge in [0.25, 0.3) is 0 Å². The SMILES string of the molecule is COC(=O)C1NCc2ccccc21.O=C(O)C(F)(F)F. The van der Waals surface area contributed by atoms with Crippen LogP contribution >= 0.6 is 0 Å². The number of hydrogen-bond donors (Lipinski definition) is 2. The second-order valence-electron chi connectivity index (χ2n) is 3.84. The number of hydrogen-bond acceptors (Lipinski definition) is 4. The van der Waals surface area contributed by atoms with Crippen LogP contribution in [-0.2, 0) is 20.9 Å². The maximum atomic E-state index is 11.3. The van der Waals surface area contributed by atoms with E-state index in [1.807, 2.05) is 24.3 Å². The third kappa shape index (κ3) is 3.95. The molecule has 0 spiro atoms. The van der Waals surface area contributed by atoms with E-state index in [1.54, 1.807) is 0 Å². The van der Waals surface area contributed by atoms with E-state index >= 15 is 0 Å². The molecule has 0 saturated heterocycles. The van der Waals surface area contributed by atoms with Gasteiger partial charge in [-0.2, -0.15) is 13.2 Å². The number of carboxylic acid groups (broad SMARTS) is 1. The Balaban J connectivity index is 0.000000246. The van der Waals surface area contributed by atoms with E-state index in [0.717, 1.165) is 12.1 Å². The summed E-state index contributed by atoms with van der Waals surface area (Å²) in [5.41, 5.74) is 2.22. The fraction of sp³-hybridized carbons (Fsp3) is 0.333. The maximum absolute atomic E-state index is 11.3. The van der Waals surface area contributed by atoms with E-state index in [4.69, 9.17) is 9.90 Å². The van der Waals surface area contributed by atoms with Crippen LogP contribution in [0.4, 0.5) is 13.2 Å². The van der Waals surface area contributed by atoms with Gasteiger partial charge in [0.15, 0.2) is 0 Å². The first-order valence-electron chi connectivity index (χ1n) is 5.46. The summed E-state index contributed by atoms with van der Waals surface area (Å²) in [4.78, 5) is 20.2. The summed E-state index contributed by atoms with van der Waals surface area (Å²) in [6.45, 7) is 0.746. The number of esters is 1. The van der Waals surface area contributed by atoms with Gasteiger partial charge in [-0.05, 0) is 11.1 Å². The van der Waals surface area contributed by atoms with Crippen molar-refractivity contribution in [2.45, 2.75) is 18.8 Å². The number of halogens is 3. The predicted molar refractivity (Wildman–Crippen MR) is 61.7 cm³/mol. The Morgan fingerprint density at radius 3 is 2.40 bits per heavy atom. The first-order chi connectivity index (χ1) is 9.27. The van der Waals surface area contributed by atoms with E-state index in [1.165, 1.54) is 12.7 Å². The number of carbonyl (C=O) groups is 2. The molecule has 110 valence electrons. The van der Waals surface area contributed by atoms with Crippen molar-refractivity contribution in [2.24, 2.45) is 0 Å². The standard InChI is InChI=1S/C10H11NO2.C2HF3O2/c1-13-10(12)9-8-5-3-2-4-7(8)6-11-9;3-2(4,5)1(6)7/h2-5,9,11H,6H2,1H3;(H,6,7). The van der Waals surface area contributed by atoms with Crippen molar-refractivity contribution < 1.29 is 32.6 Å². The second-order valence-corrected chi connectivity index (χ2v) is 3.84. The van der Waals surface area contributed by atoms with Crippen LogP contribution in [0, 0.1) is 0 Å². The molecule has 0 aliphatic carbocycles. The van der Waals surface area contributed by atoms with Gasteiger partial charge in [0.1, 0.15) is 6.04 Å². The number of methoxy groups -OCH3 is 1. The molecular weight excluding hydrogens is 279 g/mol. The molecule has 2 rings (SSSR count). The monoisotopic (exact) mass is 291 g/mol. The summed E-state index contributed by atoms with van der Waals surface area (Å²) >= 11 is 0. The fourth-order valence-electron chi connectivity index (χ4n) is 1.63. The molecule has 1 aromatic rings. The minimum atomic E-state index is -5.08. The smallest absolute Gasteiger partial charge is 0.475 e. The van der Waals surface area contributed by atoms with Crippen molar-refractivity contribution in [3.63, 3.8) is 0 Å². The predicted octanol–water partition coefficient (Wildman–Crippen LogP) is 1.64. The molecule has 1 aliphatic rings. The Kier molecular flexibility index (Phi) is 5.09. The van der Waals surface area contributed by atoms with Gasteiger partial charge in [-0.25, -0.2) is 9.59 Å². The Bertz CT molecular complexity index is 502. The summed E-state index contributed by atoms with van der Waals surface area (Å²) in [6.07, 6.45) is -5.08. The van der Waals surface area contributed by atoms with Crippen molar-refractivity contribution in [3.8, 4) is 0 Å². The van der Waals surface area contributed by atoms with Gasteiger partial charge >= 0.3 is 18.1 Å². The molecule has 20 heavy (non-hydrogen) atoms. The van der Waals surface area contributed by atoms with E-state index < -0.39 is 12.1 Å². The van der Waals surface area contributed by atoms with Gasteiger partial charge in [-0.15, -0.1) is 0 Å². The molecule has 8 heteroatoms. The number of carboxylic acids is 1. The van der Waals surface area contributed by atoms with Crippen LogP contribution in [0.5, 0.6) is 0 Å². The first-order valence-corrected chi connectivity index (χ1v) is 5.46. The fourth-order valence-corrected chi connectivity index (χ4v) is 1.63. The van der Waals surface area contributed by atoms with Gasteiger partial charge in [0.05, 0.1) is 7.11 Å². The zero-order valence-corrected chi connectivity index (χ0v) is 10.4. The normalized spacial score (nSPS) is 16.7. The van der Waals surface area contributed by atoms with Crippen molar-refractivity contribution in [1.82, 2.24) is 5.32 Å². The highest BCUT2D eigenvalue weighted by atomic mass is 19.4. The number of alkyl halides is 3. The minimum absolute atomic E-state index is 0.218. The van der Waals surface area contributed by atoms with E-state index in [2.05, 4.69) is 10.1 Å². The molecule has 5 nitrogen and oxygen atoms in total. The molecule has 2 N–H and O–H groups in total. The van der Waals surface area contributed by atoms with Gasteiger partial charge in [-0.3, -0.25) is 5.32 Å². The molecule has 1 atom stereocenters. The summed E-state index contributed by atoms with van der Waals surface area (Å²) < 4.78 is 36.4. The summed E-state index contributed by atoms with van der Waals surface area (Å²) in [5.74, 6) is -2.97.